The van der Waals surface area contributed by atoms with Crippen molar-refractivity contribution in [3.05, 3.63) is 0 Å². The first kappa shape index (κ1) is 8.10. The predicted molar refractivity (Wildman–Crippen MR) is 46.0 cm³/mol. The monoisotopic (exact) mass is 140 g/mol. The Labute approximate surface area is 65.0 Å². The fourth-order valence-corrected chi connectivity index (χ4v) is 1.97. The average molecular weight is 140 g/mol. The van der Waals surface area contributed by atoms with E-state index in [0.717, 1.165) is 11.8 Å². The molecule has 0 spiro atoms. The molecule has 60 valence electrons. The molecule has 1 fully saturated rings. The molecule has 1 saturated carbocycles. The van der Waals surface area contributed by atoms with Gasteiger partial charge in [-0.25, -0.2) is 0 Å². The first-order valence-electron chi connectivity index (χ1n) is 4.83. The highest BCUT2D eigenvalue weighted by Crippen LogP contribution is 2.28. The summed E-state index contributed by atoms with van der Waals surface area (Å²) in [6.07, 6.45) is 8.86. The van der Waals surface area contributed by atoms with Crippen molar-refractivity contribution in [2.24, 2.45) is 11.8 Å². The van der Waals surface area contributed by atoms with Crippen LogP contribution < -0.4 is 0 Å². The topological polar surface area (TPSA) is 0 Å². The molecule has 0 heterocycles. The summed E-state index contributed by atoms with van der Waals surface area (Å²) in [4.78, 5) is 0. The van der Waals surface area contributed by atoms with Crippen molar-refractivity contribution in [2.45, 2.75) is 52.4 Å². The molecular formula is C10H20. The smallest absolute Gasteiger partial charge is 0.0417 e. The molecule has 0 N–H and O–H groups in total. The van der Waals surface area contributed by atoms with Crippen LogP contribution >= 0.6 is 0 Å². The minimum atomic E-state index is 1.01. The van der Waals surface area contributed by atoms with Gasteiger partial charge in [0, 0.05) is 0 Å². The van der Waals surface area contributed by atoms with E-state index < -0.39 is 0 Å². The first-order valence-corrected chi connectivity index (χ1v) is 4.83. The minimum absolute atomic E-state index is 1.01. The van der Waals surface area contributed by atoms with Crippen LogP contribution in [0.5, 0.6) is 0 Å². The van der Waals surface area contributed by atoms with Crippen LogP contribution in [0, 0.1) is 11.8 Å². The van der Waals surface area contributed by atoms with Crippen molar-refractivity contribution in [3.63, 3.8) is 0 Å². The third-order valence-corrected chi connectivity index (χ3v) is 2.95. The zero-order valence-electron chi connectivity index (χ0n) is 7.40. The van der Waals surface area contributed by atoms with Crippen LogP contribution in [0.2, 0.25) is 0 Å². The molecule has 0 heteroatoms. The summed E-state index contributed by atoms with van der Waals surface area (Å²) in [5.74, 6) is 2.07. The summed E-state index contributed by atoms with van der Waals surface area (Å²) in [6.45, 7) is 4.73. The Morgan fingerprint density at radius 3 is 2.60 bits per heavy atom. The molecule has 0 aromatic rings. The van der Waals surface area contributed by atoms with Crippen molar-refractivity contribution in [1.82, 2.24) is 0 Å². The normalized spacial score (nSPS) is 35.4. The van der Waals surface area contributed by atoms with E-state index in [2.05, 4.69) is 13.8 Å². The second kappa shape index (κ2) is 4.00. The van der Waals surface area contributed by atoms with Gasteiger partial charge in [0.1, 0.15) is 0 Å². The first-order chi connectivity index (χ1) is 4.83. The predicted octanol–water partition coefficient (Wildman–Crippen LogP) is 3.61. The van der Waals surface area contributed by atoms with Gasteiger partial charge < -0.3 is 0 Å². The molecule has 2 atom stereocenters. The zero-order chi connectivity index (χ0) is 7.40. The van der Waals surface area contributed by atoms with Crippen LogP contribution in [-0.4, -0.2) is 0 Å². The number of rotatable bonds is 1. The zero-order valence-corrected chi connectivity index (χ0v) is 7.40. The van der Waals surface area contributed by atoms with E-state index in [0.29, 0.717) is 0 Å². The molecule has 0 nitrogen and oxygen atoms in total. The third-order valence-electron chi connectivity index (χ3n) is 2.95. The maximum atomic E-state index is 2.40. The second-order valence-electron chi connectivity index (χ2n) is 3.89. The molecule has 1 aliphatic carbocycles. The fraction of sp³-hybridized carbons (Fsp3) is 1.00. The van der Waals surface area contributed by atoms with Gasteiger partial charge in [0.05, 0.1) is 0 Å². The van der Waals surface area contributed by atoms with Crippen LogP contribution in [0.25, 0.3) is 0 Å². The van der Waals surface area contributed by atoms with E-state index in [1.165, 1.54) is 38.5 Å². The van der Waals surface area contributed by atoms with Crippen molar-refractivity contribution in [1.29, 1.82) is 0 Å². The van der Waals surface area contributed by atoms with Crippen LogP contribution in [0.1, 0.15) is 52.4 Å². The van der Waals surface area contributed by atoms with Gasteiger partial charge in [-0.1, -0.05) is 52.4 Å². The molecule has 1 aliphatic rings. The largest absolute Gasteiger partial charge is 0.0651 e. The van der Waals surface area contributed by atoms with Crippen LogP contribution in [0.15, 0.2) is 0 Å². The van der Waals surface area contributed by atoms with Crippen molar-refractivity contribution in [3.8, 4) is 0 Å². The molecule has 0 bridgehead atoms. The van der Waals surface area contributed by atoms with E-state index >= 15 is 0 Å². The molecular weight excluding hydrogens is 120 g/mol. The van der Waals surface area contributed by atoms with Crippen LogP contribution in [-0.2, 0) is 0 Å². The summed E-state index contributed by atoms with van der Waals surface area (Å²) in [6, 6.07) is 0. The molecule has 0 amide bonds. The lowest BCUT2D eigenvalue weighted by atomic mass is 9.97. The Morgan fingerprint density at radius 1 is 1.10 bits per heavy atom. The quantitative estimate of drug-likeness (QED) is 0.488. The molecule has 1 rings (SSSR count). The molecule has 1 unspecified atom stereocenters. The summed E-state index contributed by atoms with van der Waals surface area (Å²) in [5.41, 5.74) is 0. The van der Waals surface area contributed by atoms with E-state index in [1.54, 1.807) is 0 Å². The van der Waals surface area contributed by atoms with Gasteiger partial charge in [-0.3, -0.25) is 0 Å². The fourth-order valence-electron chi connectivity index (χ4n) is 1.97. The molecule has 10 heavy (non-hydrogen) atoms. The lowest BCUT2D eigenvalue weighted by molar-refractivity contribution is 0.434. The molecule has 0 radical (unpaired) electrons. The van der Waals surface area contributed by atoms with Crippen molar-refractivity contribution >= 4 is 0 Å². The number of hydrogen-bond acceptors (Lipinski definition) is 0. The molecule has 0 aliphatic heterocycles. The van der Waals surface area contributed by atoms with Gasteiger partial charge in [0.2, 0.25) is 0 Å². The highest BCUT2D eigenvalue weighted by atomic mass is 14.2. The van der Waals surface area contributed by atoms with Gasteiger partial charge in [-0.05, 0) is 11.8 Å². The summed E-state index contributed by atoms with van der Waals surface area (Å²) < 4.78 is 0. The molecule has 0 aromatic heterocycles. The Bertz CT molecular complexity index is 86.0. The van der Waals surface area contributed by atoms with Crippen LogP contribution in [0.3, 0.4) is 0 Å². The van der Waals surface area contributed by atoms with E-state index in [-0.39, 0.29) is 0 Å². The van der Waals surface area contributed by atoms with Crippen molar-refractivity contribution < 1.29 is 0 Å². The van der Waals surface area contributed by atoms with Gasteiger partial charge in [0.15, 0.2) is 0 Å². The SMILES string of the molecule is CC[C@@H]1CCCC(C)CC1. The Morgan fingerprint density at radius 2 is 1.90 bits per heavy atom. The van der Waals surface area contributed by atoms with Gasteiger partial charge >= 0.3 is 0 Å². The summed E-state index contributed by atoms with van der Waals surface area (Å²) >= 11 is 0. The second-order valence-corrected chi connectivity index (χ2v) is 3.89. The third kappa shape index (κ3) is 2.32. The average Bonchev–Trinajstić information content (AvgIpc) is 2.14. The summed E-state index contributed by atoms with van der Waals surface area (Å²) in [5, 5.41) is 0. The molecule has 0 saturated heterocycles. The van der Waals surface area contributed by atoms with Gasteiger partial charge in [0.25, 0.3) is 0 Å². The van der Waals surface area contributed by atoms with E-state index in [9.17, 15) is 0 Å². The van der Waals surface area contributed by atoms with Crippen LogP contribution in [0.4, 0.5) is 0 Å². The molecule has 0 aromatic carbocycles. The summed E-state index contributed by atoms with van der Waals surface area (Å²) in [7, 11) is 0. The van der Waals surface area contributed by atoms with Gasteiger partial charge in [-0.2, -0.15) is 0 Å². The van der Waals surface area contributed by atoms with Crippen molar-refractivity contribution in [2.75, 3.05) is 0 Å². The Hall–Kier alpha value is 0. The minimum Gasteiger partial charge on any atom is -0.0651 e. The highest BCUT2D eigenvalue weighted by molar-refractivity contribution is 4.66. The highest BCUT2D eigenvalue weighted by Gasteiger charge is 2.13. The van der Waals surface area contributed by atoms with E-state index in [4.69, 9.17) is 0 Å². The standard InChI is InChI=1S/C10H20/c1-3-10-6-4-5-9(2)7-8-10/h9-10H,3-8H2,1-2H3/t9?,10-/m1/s1. The lowest BCUT2D eigenvalue weighted by Gasteiger charge is -2.09. The Kier molecular flexibility index (Phi) is 3.24. The maximum absolute atomic E-state index is 2.40. The maximum Gasteiger partial charge on any atom is -0.0417 e. The van der Waals surface area contributed by atoms with E-state index in [1.807, 2.05) is 0 Å². The lowest BCUT2D eigenvalue weighted by Crippen LogP contribution is -1.95. The number of hydrogen-bond donors (Lipinski definition) is 0. The van der Waals surface area contributed by atoms with Gasteiger partial charge in [-0.15, -0.1) is 0 Å². The Balaban J connectivity index is 2.26.